The van der Waals surface area contributed by atoms with Crippen molar-refractivity contribution in [3.05, 3.63) is 100 Å². The standard InChI is InChI=1S/C25H22N2O2S/c1-16-10-13-19(14-11-16)26-22-23(30-20-7-5-4-6-8-20)25(29)27(24(22)28)21-15-17(2)9-12-18(21)3/h4-15,26H,1-3H3. The Labute approximate surface area is 180 Å². The zero-order valence-corrected chi connectivity index (χ0v) is 17.9. The minimum Gasteiger partial charge on any atom is -0.350 e. The van der Waals surface area contributed by atoms with Crippen LogP contribution < -0.4 is 10.2 Å². The van der Waals surface area contributed by atoms with E-state index in [-0.39, 0.29) is 11.8 Å². The fraction of sp³-hybridized carbons (Fsp3) is 0.120. The van der Waals surface area contributed by atoms with E-state index >= 15 is 0 Å². The van der Waals surface area contributed by atoms with Crippen molar-refractivity contribution in [1.82, 2.24) is 0 Å². The second kappa shape index (κ2) is 8.20. The molecule has 4 rings (SSSR count). The molecule has 3 aromatic rings. The highest BCUT2D eigenvalue weighted by molar-refractivity contribution is 8.04. The van der Waals surface area contributed by atoms with E-state index in [2.05, 4.69) is 5.32 Å². The van der Waals surface area contributed by atoms with Gasteiger partial charge in [0.2, 0.25) is 0 Å². The van der Waals surface area contributed by atoms with Gasteiger partial charge < -0.3 is 5.32 Å². The summed E-state index contributed by atoms with van der Waals surface area (Å²) in [6.45, 7) is 5.86. The Bertz CT molecular complexity index is 1150. The van der Waals surface area contributed by atoms with Gasteiger partial charge in [0.15, 0.2) is 0 Å². The number of nitrogens with one attached hydrogen (secondary N) is 1. The van der Waals surface area contributed by atoms with Crippen LogP contribution in [-0.4, -0.2) is 11.8 Å². The molecular formula is C25H22N2O2S. The first kappa shape index (κ1) is 20.0. The third-order valence-electron chi connectivity index (χ3n) is 4.93. The Morgan fingerprint density at radius 3 is 2.13 bits per heavy atom. The lowest BCUT2D eigenvalue weighted by Crippen LogP contribution is -2.33. The van der Waals surface area contributed by atoms with Crippen LogP contribution in [0, 0.1) is 20.8 Å². The molecule has 0 bridgehead atoms. The molecule has 3 aromatic carbocycles. The maximum absolute atomic E-state index is 13.4. The Kier molecular flexibility index (Phi) is 5.46. The van der Waals surface area contributed by atoms with E-state index in [0.29, 0.717) is 16.3 Å². The van der Waals surface area contributed by atoms with Crippen LogP contribution in [0.5, 0.6) is 0 Å². The lowest BCUT2D eigenvalue weighted by atomic mass is 10.1. The molecule has 5 heteroatoms. The summed E-state index contributed by atoms with van der Waals surface area (Å²) in [4.78, 5) is 29.4. The monoisotopic (exact) mass is 414 g/mol. The highest BCUT2D eigenvalue weighted by Crippen LogP contribution is 2.38. The van der Waals surface area contributed by atoms with Gasteiger partial charge in [0.05, 0.1) is 5.69 Å². The van der Waals surface area contributed by atoms with Crippen molar-refractivity contribution in [3.63, 3.8) is 0 Å². The lowest BCUT2D eigenvalue weighted by Gasteiger charge is -2.18. The first-order chi connectivity index (χ1) is 14.4. The van der Waals surface area contributed by atoms with E-state index < -0.39 is 0 Å². The number of aryl methyl sites for hydroxylation is 3. The molecule has 1 aliphatic heterocycles. The number of hydrogen-bond donors (Lipinski definition) is 1. The van der Waals surface area contributed by atoms with Crippen molar-refractivity contribution in [2.75, 3.05) is 10.2 Å². The summed E-state index contributed by atoms with van der Waals surface area (Å²) >= 11 is 1.31. The van der Waals surface area contributed by atoms with Crippen LogP contribution in [0.2, 0.25) is 0 Å². The summed E-state index contributed by atoms with van der Waals surface area (Å²) < 4.78 is 0. The Balaban J connectivity index is 1.77. The molecule has 30 heavy (non-hydrogen) atoms. The number of anilines is 2. The van der Waals surface area contributed by atoms with Crippen LogP contribution in [-0.2, 0) is 9.59 Å². The Morgan fingerprint density at radius 1 is 0.767 bits per heavy atom. The van der Waals surface area contributed by atoms with Crippen LogP contribution in [0.3, 0.4) is 0 Å². The zero-order valence-electron chi connectivity index (χ0n) is 17.1. The van der Waals surface area contributed by atoms with Gasteiger partial charge in [-0.1, -0.05) is 59.8 Å². The zero-order chi connectivity index (χ0) is 21.3. The SMILES string of the molecule is Cc1ccc(NC2=C(Sc3ccccc3)C(=O)N(c3cc(C)ccc3C)C2=O)cc1. The number of thioether (sulfide) groups is 1. The average molecular weight is 415 g/mol. The molecule has 4 nitrogen and oxygen atoms in total. The quantitative estimate of drug-likeness (QED) is 0.552. The number of carbonyl (C=O) groups is 2. The second-order valence-corrected chi connectivity index (χ2v) is 8.43. The lowest BCUT2D eigenvalue weighted by molar-refractivity contribution is -0.120. The van der Waals surface area contributed by atoms with Crippen molar-refractivity contribution in [2.45, 2.75) is 25.7 Å². The van der Waals surface area contributed by atoms with Crippen LogP contribution >= 0.6 is 11.8 Å². The van der Waals surface area contributed by atoms with Crippen LogP contribution in [0.15, 0.2) is 88.3 Å². The molecule has 0 unspecified atom stereocenters. The van der Waals surface area contributed by atoms with Crippen molar-refractivity contribution in [2.24, 2.45) is 0 Å². The van der Waals surface area contributed by atoms with Gasteiger partial charge >= 0.3 is 0 Å². The van der Waals surface area contributed by atoms with Crippen LogP contribution in [0.4, 0.5) is 11.4 Å². The minimum atomic E-state index is -0.340. The number of imide groups is 1. The van der Waals surface area contributed by atoms with E-state index in [0.717, 1.165) is 27.3 Å². The molecule has 0 aliphatic carbocycles. The van der Waals surface area contributed by atoms with Gasteiger partial charge in [-0.2, -0.15) is 0 Å². The Hall–Kier alpha value is -3.31. The van der Waals surface area contributed by atoms with E-state index in [1.165, 1.54) is 16.7 Å². The predicted octanol–water partition coefficient (Wildman–Crippen LogP) is 5.60. The number of amides is 2. The van der Waals surface area contributed by atoms with Gasteiger partial charge in [-0.15, -0.1) is 0 Å². The molecule has 0 radical (unpaired) electrons. The van der Waals surface area contributed by atoms with Crippen LogP contribution in [0.1, 0.15) is 16.7 Å². The van der Waals surface area contributed by atoms with E-state index in [9.17, 15) is 9.59 Å². The molecule has 150 valence electrons. The summed E-state index contributed by atoms with van der Waals surface area (Å²) in [5.41, 5.74) is 4.69. The van der Waals surface area contributed by atoms with Crippen molar-refractivity contribution in [1.29, 1.82) is 0 Å². The van der Waals surface area contributed by atoms with Gasteiger partial charge in [0.1, 0.15) is 10.6 Å². The van der Waals surface area contributed by atoms with Gasteiger partial charge in [-0.25, -0.2) is 4.90 Å². The molecule has 0 saturated heterocycles. The van der Waals surface area contributed by atoms with Crippen LogP contribution in [0.25, 0.3) is 0 Å². The smallest absolute Gasteiger partial charge is 0.283 e. The number of rotatable bonds is 5. The van der Waals surface area contributed by atoms with Crippen molar-refractivity contribution < 1.29 is 9.59 Å². The molecule has 2 amide bonds. The largest absolute Gasteiger partial charge is 0.350 e. The first-order valence-electron chi connectivity index (χ1n) is 9.71. The first-order valence-corrected chi connectivity index (χ1v) is 10.5. The fourth-order valence-corrected chi connectivity index (χ4v) is 4.23. The summed E-state index contributed by atoms with van der Waals surface area (Å²) in [5, 5.41) is 3.20. The molecule has 1 aliphatic rings. The summed E-state index contributed by atoms with van der Waals surface area (Å²) in [5.74, 6) is -0.648. The molecular weight excluding hydrogens is 392 g/mol. The molecule has 0 fully saturated rings. The third kappa shape index (κ3) is 3.89. The highest BCUT2D eigenvalue weighted by Gasteiger charge is 2.40. The van der Waals surface area contributed by atoms with Crippen molar-refractivity contribution >= 4 is 35.0 Å². The molecule has 0 spiro atoms. The van der Waals surface area contributed by atoms with Gasteiger partial charge in [0.25, 0.3) is 11.8 Å². The minimum absolute atomic E-state index is 0.304. The van der Waals surface area contributed by atoms with E-state index in [4.69, 9.17) is 0 Å². The normalized spacial score (nSPS) is 13.9. The number of nitrogens with zero attached hydrogens (tertiary/aromatic N) is 1. The summed E-state index contributed by atoms with van der Waals surface area (Å²) in [6, 6.07) is 23.2. The number of hydrogen-bond acceptors (Lipinski definition) is 4. The fourth-order valence-electron chi connectivity index (χ4n) is 3.28. The van der Waals surface area contributed by atoms with E-state index in [1.807, 2.05) is 93.6 Å². The maximum atomic E-state index is 13.4. The third-order valence-corrected chi connectivity index (χ3v) is 6.02. The number of benzene rings is 3. The summed E-state index contributed by atoms with van der Waals surface area (Å²) in [6.07, 6.45) is 0. The number of carbonyl (C=O) groups excluding carboxylic acids is 2. The van der Waals surface area contributed by atoms with Gasteiger partial charge in [-0.05, 0) is 62.2 Å². The molecule has 0 aromatic heterocycles. The predicted molar refractivity (Wildman–Crippen MR) is 123 cm³/mol. The van der Waals surface area contributed by atoms with Crippen molar-refractivity contribution in [3.8, 4) is 0 Å². The van der Waals surface area contributed by atoms with E-state index in [1.54, 1.807) is 0 Å². The molecule has 1 N–H and O–H groups in total. The average Bonchev–Trinajstić information content (AvgIpc) is 2.96. The van der Waals surface area contributed by atoms with Gasteiger partial charge in [0, 0.05) is 10.6 Å². The maximum Gasteiger partial charge on any atom is 0.283 e. The van der Waals surface area contributed by atoms with Gasteiger partial charge in [-0.3, -0.25) is 9.59 Å². The molecule has 1 heterocycles. The second-order valence-electron chi connectivity index (χ2n) is 7.35. The molecule has 0 atom stereocenters. The topological polar surface area (TPSA) is 49.4 Å². The highest BCUT2D eigenvalue weighted by atomic mass is 32.2. The molecule has 0 saturated carbocycles. The summed E-state index contributed by atoms with van der Waals surface area (Å²) in [7, 11) is 0. The Morgan fingerprint density at radius 2 is 1.43 bits per heavy atom.